The van der Waals surface area contributed by atoms with Crippen LogP contribution in [0.4, 0.5) is 0 Å². The minimum Gasteiger partial charge on any atom is -0.356 e. The van der Waals surface area contributed by atoms with Gasteiger partial charge in [-0.3, -0.25) is 9.78 Å². The maximum Gasteiger partial charge on any atom is 0.223 e. The summed E-state index contributed by atoms with van der Waals surface area (Å²) >= 11 is 0. The Morgan fingerprint density at radius 3 is 2.73 bits per heavy atom. The lowest BCUT2D eigenvalue weighted by molar-refractivity contribution is -0.127. The standard InChI is InChI=1S/C12H16N2O/c15-12(11-2-1-3-11)14-9-6-10-4-7-13-8-5-10/h4-5,7-8,11H,1-3,6,9H2,(H,14,15). The molecule has 1 saturated carbocycles. The molecule has 1 amide bonds. The maximum atomic E-state index is 11.5. The molecule has 0 bridgehead atoms. The summed E-state index contributed by atoms with van der Waals surface area (Å²) in [5.74, 6) is 0.526. The van der Waals surface area contributed by atoms with E-state index < -0.39 is 0 Å². The Bertz CT molecular complexity index is 320. The molecule has 1 aromatic rings. The molecule has 1 aliphatic rings. The molecule has 0 radical (unpaired) electrons. The van der Waals surface area contributed by atoms with Gasteiger partial charge >= 0.3 is 0 Å². The molecule has 1 heterocycles. The van der Waals surface area contributed by atoms with E-state index >= 15 is 0 Å². The molecule has 0 unspecified atom stereocenters. The van der Waals surface area contributed by atoms with E-state index in [-0.39, 0.29) is 5.91 Å². The fourth-order valence-corrected chi connectivity index (χ4v) is 1.69. The molecular weight excluding hydrogens is 188 g/mol. The molecule has 1 aromatic heterocycles. The van der Waals surface area contributed by atoms with Gasteiger partial charge in [-0.15, -0.1) is 0 Å². The first kappa shape index (κ1) is 10.1. The lowest BCUT2D eigenvalue weighted by Gasteiger charge is -2.23. The first-order valence-corrected chi connectivity index (χ1v) is 5.53. The van der Waals surface area contributed by atoms with Crippen LogP contribution in [0, 0.1) is 5.92 Å². The molecule has 1 aliphatic carbocycles. The minimum absolute atomic E-state index is 0.232. The summed E-state index contributed by atoms with van der Waals surface area (Å²) in [4.78, 5) is 15.4. The third-order valence-corrected chi connectivity index (χ3v) is 2.94. The van der Waals surface area contributed by atoms with Crippen molar-refractivity contribution in [3.8, 4) is 0 Å². The van der Waals surface area contributed by atoms with Crippen LogP contribution in [-0.2, 0) is 11.2 Å². The van der Waals surface area contributed by atoms with Gasteiger partial charge in [0.1, 0.15) is 0 Å². The molecule has 2 rings (SSSR count). The van der Waals surface area contributed by atoms with Gasteiger partial charge in [0.05, 0.1) is 0 Å². The monoisotopic (exact) mass is 204 g/mol. The van der Waals surface area contributed by atoms with Gasteiger partial charge in [0.2, 0.25) is 5.91 Å². The van der Waals surface area contributed by atoms with E-state index in [0.717, 1.165) is 25.8 Å². The Balaban J connectivity index is 1.68. The average Bonchev–Trinajstić information content (AvgIpc) is 2.16. The highest BCUT2D eigenvalue weighted by molar-refractivity contribution is 5.79. The van der Waals surface area contributed by atoms with Crippen molar-refractivity contribution in [3.05, 3.63) is 30.1 Å². The number of pyridine rings is 1. The first-order chi connectivity index (χ1) is 7.36. The maximum absolute atomic E-state index is 11.5. The number of hydrogen-bond donors (Lipinski definition) is 1. The van der Waals surface area contributed by atoms with Crippen LogP contribution in [0.15, 0.2) is 24.5 Å². The van der Waals surface area contributed by atoms with Gasteiger partial charge in [-0.05, 0) is 37.0 Å². The van der Waals surface area contributed by atoms with Crippen LogP contribution in [0.25, 0.3) is 0 Å². The number of nitrogens with zero attached hydrogens (tertiary/aromatic N) is 1. The molecule has 1 fully saturated rings. The average molecular weight is 204 g/mol. The number of aromatic nitrogens is 1. The molecule has 3 heteroatoms. The van der Waals surface area contributed by atoms with Crippen molar-refractivity contribution >= 4 is 5.91 Å². The molecule has 0 aliphatic heterocycles. The highest BCUT2D eigenvalue weighted by Crippen LogP contribution is 2.25. The second-order valence-electron chi connectivity index (χ2n) is 4.02. The zero-order valence-electron chi connectivity index (χ0n) is 8.78. The molecule has 80 valence electrons. The number of nitrogens with one attached hydrogen (secondary N) is 1. The Kier molecular flexibility index (Phi) is 3.33. The first-order valence-electron chi connectivity index (χ1n) is 5.53. The zero-order valence-corrected chi connectivity index (χ0v) is 8.78. The van der Waals surface area contributed by atoms with Crippen molar-refractivity contribution in [2.24, 2.45) is 5.92 Å². The van der Waals surface area contributed by atoms with Crippen molar-refractivity contribution in [1.29, 1.82) is 0 Å². The number of rotatable bonds is 4. The fraction of sp³-hybridized carbons (Fsp3) is 0.500. The van der Waals surface area contributed by atoms with Crippen LogP contribution < -0.4 is 5.32 Å². The van der Waals surface area contributed by atoms with Gasteiger partial charge in [-0.1, -0.05) is 6.42 Å². The van der Waals surface area contributed by atoms with Gasteiger partial charge < -0.3 is 5.32 Å². The molecule has 0 atom stereocenters. The van der Waals surface area contributed by atoms with Crippen molar-refractivity contribution in [3.63, 3.8) is 0 Å². The summed E-state index contributed by atoms with van der Waals surface area (Å²) in [5.41, 5.74) is 1.22. The van der Waals surface area contributed by atoms with E-state index in [4.69, 9.17) is 0 Å². The van der Waals surface area contributed by atoms with Crippen molar-refractivity contribution in [1.82, 2.24) is 10.3 Å². The van der Waals surface area contributed by atoms with E-state index in [1.165, 1.54) is 12.0 Å². The third kappa shape index (κ3) is 2.78. The van der Waals surface area contributed by atoms with E-state index in [1.54, 1.807) is 12.4 Å². The normalized spacial score (nSPS) is 15.7. The third-order valence-electron chi connectivity index (χ3n) is 2.94. The molecule has 0 saturated heterocycles. The molecule has 0 aromatic carbocycles. The lowest BCUT2D eigenvalue weighted by Crippen LogP contribution is -2.35. The summed E-state index contributed by atoms with van der Waals surface area (Å²) in [6, 6.07) is 3.96. The summed E-state index contributed by atoms with van der Waals surface area (Å²) < 4.78 is 0. The molecule has 0 spiro atoms. The van der Waals surface area contributed by atoms with Gasteiger partial charge in [-0.2, -0.15) is 0 Å². The highest BCUT2D eigenvalue weighted by atomic mass is 16.1. The van der Waals surface area contributed by atoms with Crippen LogP contribution in [0.1, 0.15) is 24.8 Å². The van der Waals surface area contributed by atoms with Gasteiger partial charge in [0.25, 0.3) is 0 Å². The van der Waals surface area contributed by atoms with E-state index in [2.05, 4.69) is 10.3 Å². The van der Waals surface area contributed by atoms with Gasteiger partial charge in [-0.25, -0.2) is 0 Å². The Morgan fingerprint density at radius 2 is 2.13 bits per heavy atom. The smallest absolute Gasteiger partial charge is 0.223 e. The molecular formula is C12H16N2O. The van der Waals surface area contributed by atoms with Crippen LogP contribution >= 0.6 is 0 Å². The second-order valence-corrected chi connectivity index (χ2v) is 4.02. The van der Waals surface area contributed by atoms with Crippen molar-refractivity contribution in [2.45, 2.75) is 25.7 Å². The number of carbonyl (C=O) groups is 1. The number of amides is 1. The topological polar surface area (TPSA) is 42.0 Å². The van der Waals surface area contributed by atoms with Gasteiger partial charge in [0.15, 0.2) is 0 Å². The quantitative estimate of drug-likeness (QED) is 0.808. The Labute approximate surface area is 89.9 Å². The van der Waals surface area contributed by atoms with Crippen LogP contribution in [-0.4, -0.2) is 17.4 Å². The number of hydrogen-bond acceptors (Lipinski definition) is 2. The van der Waals surface area contributed by atoms with Crippen LogP contribution in [0.3, 0.4) is 0 Å². The van der Waals surface area contributed by atoms with Crippen LogP contribution in [0.5, 0.6) is 0 Å². The SMILES string of the molecule is O=C(NCCc1ccncc1)C1CCC1. The number of carbonyl (C=O) groups excluding carboxylic acids is 1. The Morgan fingerprint density at radius 1 is 1.40 bits per heavy atom. The van der Waals surface area contributed by atoms with Gasteiger partial charge in [0, 0.05) is 24.9 Å². The van der Waals surface area contributed by atoms with E-state index in [9.17, 15) is 4.79 Å². The Hall–Kier alpha value is -1.38. The molecule has 3 nitrogen and oxygen atoms in total. The highest BCUT2D eigenvalue weighted by Gasteiger charge is 2.24. The minimum atomic E-state index is 0.232. The van der Waals surface area contributed by atoms with E-state index in [1.807, 2.05) is 12.1 Å². The van der Waals surface area contributed by atoms with E-state index in [0.29, 0.717) is 5.92 Å². The molecule has 1 N–H and O–H groups in total. The lowest BCUT2D eigenvalue weighted by atomic mass is 9.85. The van der Waals surface area contributed by atoms with Crippen LogP contribution in [0.2, 0.25) is 0 Å². The summed E-state index contributed by atoms with van der Waals surface area (Å²) in [5, 5.41) is 2.97. The van der Waals surface area contributed by atoms with Crippen molar-refractivity contribution < 1.29 is 4.79 Å². The molecule has 15 heavy (non-hydrogen) atoms. The second kappa shape index (κ2) is 4.91. The summed E-state index contributed by atoms with van der Waals surface area (Å²) in [7, 11) is 0. The largest absolute Gasteiger partial charge is 0.356 e. The summed E-state index contributed by atoms with van der Waals surface area (Å²) in [6.07, 6.45) is 7.80. The van der Waals surface area contributed by atoms with Crippen molar-refractivity contribution in [2.75, 3.05) is 6.54 Å². The fourth-order valence-electron chi connectivity index (χ4n) is 1.69. The zero-order chi connectivity index (χ0) is 10.5. The predicted octanol–water partition coefficient (Wildman–Crippen LogP) is 1.54. The summed E-state index contributed by atoms with van der Waals surface area (Å²) in [6.45, 7) is 0.735. The predicted molar refractivity (Wildman–Crippen MR) is 58.3 cm³/mol.